The van der Waals surface area contributed by atoms with Gasteiger partial charge in [-0.25, -0.2) is 14.0 Å². The minimum atomic E-state index is -2.41. The van der Waals surface area contributed by atoms with Gasteiger partial charge in [-0.05, 0) is 72.0 Å². The van der Waals surface area contributed by atoms with Crippen molar-refractivity contribution in [3.05, 3.63) is 193 Å². The number of halogens is 1. The number of amides is 1. The highest BCUT2D eigenvalue weighted by Gasteiger charge is 2.55. The SMILES string of the molecule is COc1ccc(C(OC[C@H]2O[C@@H](n3cnc4c(OCCC#N)nc(NC(=O)COc5ccccc5)nc43)[C@H](F)[C@@H]2O[P@@]2O[C@H](C[Si](C)(c3ccccc3)c3ccccc3)[C@@H]3CCCN32)(c2ccccc2)c2ccc(OC)cc2)cc1. The van der Waals surface area contributed by atoms with Crippen LogP contribution in [0.2, 0.25) is 12.6 Å². The lowest BCUT2D eigenvalue weighted by atomic mass is 9.80. The Morgan fingerprint density at radius 1 is 0.787 bits per heavy atom. The molecular weight excluding hydrogens is 1050 g/mol. The number of aromatic nitrogens is 4. The van der Waals surface area contributed by atoms with Crippen LogP contribution in [-0.4, -0.2) is 109 Å². The maximum absolute atomic E-state index is 18.4. The number of ether oxygens (including phenoxy) is 6. The molecule has 3 fully saturated rings. The van der Waals surface area contributed by atoms with Crippen LogP contribution < -0.4 is 34.6 Å². The number of anilines is 1. The van der Waals surface area contributed by atoms with E-state index < -0.39 is 52.7 Å². The number of rotatable bonds is 22. The summed E-state index contributed by atoms with van der Waals surface area (Å²) in [6.45, 7) is 2.57. The Kier molecular flexibility index (Phi) is 16.6. The first kappa shape index (κ1) is 54.4. The highest BCUT2D eigenvalue weighted by Crippen LogP contribution is 2.59. The van der Waals surface area contributed by atoms with Crippen LogP contribution >= 0.6 is 8.53 Å². The molecule has 0 bridgehead atoms. The Balaban J connectivity index is 0.969. The minimum Gasteiger partial charge on any atom is -0.497 e. The zero-order valence-electron chi connectivity index (χ0n) is 44.5. The van der Waals surface area contributed by atoms with Gasteiger partial charge in [0.15, 0.2) is 30.2 Å². The molecule has 0 unspecified atom stereocenters. The lowest BCUT2D eigenvalue weighted by molar-refractivity contribution is -0.118. The van der Waals surface area contributed by atoms with Gasteiger partial charge in [-0.1, -0.05) is 150 Å². The molecule has 8 aromatic rings. The number of alkyl halides is 1. The fourth-order valence-electron chi connectivity index (χ4n) is 11.1. The van der Waals surface area contributed by atoms with Crippen molar-refractivity contribution in [1.29, 1.82) is 5.26 Å². The van der Waals surface area contributed by atoms with E-state index >= 15 is 4.39 Å². The Labute approximate surface area is 466 Å². The number of hydrogen-bond acceptors (Lipinski definition) is 14. The Hall–Kier alpha value is -7.59. The van der Waals surface area contributed by atoms with E-state index in [9.17, 15) is 10.1 Å². The van der Waals surface area contributed by atoms with Gasteiger partial charge in [-0.15, -0.1) is 0 Å². The number of hydrogen-bond donors (Lipinski definition) is 1. The van der Waals surface area contributed by atoms with Crippen molar-refractivity contribution in [2.45, 2.75) is 74.2 Å². The van der Waals surface area contributed by atoms with E-state index in [-0.39, 0.29) is 61.4 Å². The summed E-state index contributed by atoms with van der Waals surface area (Å²) in [7, 11) is -0.997. The summed E-state index contributed by atoms with van der Waals surface area (Å²) in [6, 6.07) is 58.5. The van der Waals surface area contributed by atoms with Gasteiger partial charge in [-0.2, -0.15) is 15.2 Å². The zero-order valence-corrected chi connectivity index (χ0v) is 46.4. The number of nitrogens with zero attached hydrogens (tertiary/aromatic N) is 6. The Bertz CT molecular complexity index is 3300. The molecule has 1 amide bonds. The lowest BCUT2D eigenvalue weighted by Gasteiger charge is -2.37. The first-order chi connectivity index (χ1) is 39.2. The first-order valence-electron chi connectivity index (χ1n) is 26.7. The molecule has 19 heteroatoms. The second kappa shape index (κ2) is 24.4. The average molecular weight is 1110 g/mol. The largest absolute Gasteiger partial charge is 0.497 e. The summed E-state index contributed by atoms with van der Waals surface area (Å²) in [5.41, 5.74) is 1.33. The summed E-state index contributed by atoms with van der Waals surface area (Å²) >= 11 is 0. The molecule has 6 aromatic carbocycles. The van der Waals surface area contributed by atoms with Crippen molar-refractivity contribution in [1.82, 2.24) is 24.2 Å². The first-order valence-corrected chi connectivity index (χ1v) is 30.5. The van der Waals surface area contributed by atoms with Crippen molar-refractivity contribution in [2.75, 3.05) is 45.9 Å². The van der Waals surface area contributed by atoms with E-state index in [0.717, 1.165) is 42.1 Å². The molecule has 7 atom stereocenters. The summed E-state index contributed by atoms with van der Waals surface area (Å²) in [5.74, 6) is 1.08. The lowest BCUT2D eigenvalue weighted by Crippen LogP contribution is -2.58. The monoisotopic (exact) mass is 1110 g/mol. The van der Waals surface area contributed by atoms with E-state index in [1.807, 2.05) is 97.1 Å². The van der Waals surface area contributed by atoms with Gasteiger partial charge in [0.05, 0.1) is 45.7 Å². The van der Waals surface area contributed by atoms with Crippen LogP contribution in [0.4, 0.5) is 10.3 Å². The second-order valence-corrected chi connectivity index (χ2v) is 25.6. The average Bonchev–Trinajstić information content (AvgIpc) is 4.44. The number of nitrogens with one attached hydrogen (secondary N) is 1. The molecule has 3 saturated heterocycles. The summed E-state index contributed by atoms with van der Waals surface area (Å²) in [4.78, 5) is 27.2. The molecule has 5 heterocycles. The molecule has 11 rings (SSSR count). The molecule has 80 heavy (non-hydrogen) atoms. The number of carbonyl (C=O) groups is 1. The second-order valence-electron chi connectivity index (χ2n) is 20.0. The number of methoxy groups -OCH3 is 2. The summed E-state index contributed by atoms with van der Waals surface area (Å²) in [6.07, 6.45) is -2.46. The number of carbonyl (C=O) groups excluding carboxylic acids is 1. The molecule has 3 aliphatic heterocycles. The third kappa shape index (κ3) is 11.2. The van der Waals surface area contributed by atoms with Crippen LogP contribution in [0.5, 0.6) is 23.1 Å². The van der Waals surface area contributed by atoms with Crippen molar-refractivity contribution < 1.29 is 46.7 Å². The van der Waals surface area contributed by atoms with Crippen LogP contribution in [0.15, 0.2) is 176 Å². The van der Waals surface area contributed by atoms with E-state index in [0.29, 0.717) is 17.2 Å². The van der Waals surface area contributed by atoms with E-state index in [2.05, 4.69) is 81.1 Å². The number of fused-ring (bicyclic) bond motifs is 2. The highest BCUT2D eigenvalue weighted by atomic mass is 31.2. The van der Waals surface area contributed by atoms with Crippen LogP contribution in [0.3, 0.4) is 0 Å². The summed E-state index contributed by atoms with van der Waals surface area (Å²) in [5, 5.41) is 14.7. The minimum absolute atomic E-state index is 0.0218. The molecule has 1 N–H and O–H groups in total. The quantitative estimate of drug-likeness (QED) is 0.0294. The maximum atomic E-state index is 18.4. The fraction of sp³-hybridized carbons (Fsp3) is 0.295. The van der Waals surface area contributed by atoms with Gasteiger partial charge in [0.1, 0.15) is 49.7 Å². The molecule has 16 nitrogen and oxygen atoms in total. The van der Waals surface area contributed by atoms with Crippen LogP contribution in [0.1, 0.15) is 42.2 Å². The van der Waals surface area contributed by atoms with Crippen molar-refractivity contribution >= 4 is 50.0 Å². The van der Waals surface area contributed by atoms with Crippen LogP contribution in [0.25, 0.3) is 11.2 Å². The van der Waals surface area contributed by atoms with Gasteiger partial charge in [0.25, 0.3) is 14.4 Å². The van der Waals surface area contributed by atoms with Crippen LogP contribution in [-0.2, 0) is 28.9 Å². The molecule has 2 aromatic heterocycles. The van der Waals surface area contributed by atoms with E-state index in [1.165, 1.54) is 21.3 Å². The number of nitriles is 1. The van der Waals surface area contributed by atoms with E-state index in [4.69, 9.17) is 42.5 Å². The summed E-state index contributed by atoms with van der Waals surface area (Å²) < 4.78 is 73.8. The predicted octanol–water partition coefficient (Wildman–Crippen LogP) is 9.77. The fourth-order valence-corrected chi connectivity index (χ4v) is 17.1. The molecule has 410 valence electrons. The highest BCUT2D eigenvalue weighted by molar-refractivity contribution is 7.45. The smallest absolute Gasteiger partial charge is 0.264 e. The molecule has 0 radical (unpaired) electrons. The number of imidazole rings is 1. The van der Waals surface area contributed by atoms with Crippen LogP contribution in [0, 0.1) is 11.3 Å². The van der Waals surface area contributed by atoms with Gasteiger partial charge in [0, 0.05) is 12.6 Å². The van der Waals surface area contributed by atoms with Gasteiger partial charge >= 0.3 is 0 Å². The van der Waals surface area contributed by atoms with Gasteiger partial charge in [-0.3, -0.25) is 14.7 Å². The molecule has 0 spiro atoms. The Morgan fingerprint density at radius 2 is 1.39 bits per heavy atom. The molecule has 0 saturated carbocycles. The topological polar surface area (TPSA) is 174 Å². The van der Waals surface area contributed by atoms with Gasteiger partial charge in [0.2, 0.25) is 11.8 Å². The normalized spacial score (nSPS) is 21.0. The zero-order chi connectivity index (χ0) is 55.1. The maximum Gasteiger partial charge on any atom is 0.264 e. The van der Waals surface area contributed by atoms with Gasteiger partial charge < -0.3 is 37.5 Å². The Morgan fingerprint density at radius 3 is 2.00 bits per heavy atom. The standard InChI is InChI=1S/C61H61FN7O9PSi/c1-71-45-31-27-43(28-32-45)61(42-18-8-4-9-19-42,44-29-33-46(72-2)34-30-44)75-38-51-56(78-79-69-36-16-26-50(69)52(77-79)40-80(3,48-22-12-6-13-23-48)49-24-14-7-15-25-49)54(62)59(76-51)68-41-64-55-57(68)66-60(67-58(55)73-37-17-35-63)65-53(70)39-74-47-20-10-5-11-21-47/h4-15,18-25,27-34,41,50-52,54,56,59H,16-17,26,36-40H2,1-3H3,(H,65,66,67,70)/t50-,51+,52+,54+,56+,59+,79+/m0/s1. The molecule has 3 aliphatic rings. The van der Waals surface area contributed by atoms with E-state index in [1.54, 1.807) is 38.5 Å². The third-order valence-electron chi connectivity index (χ3n) is 15.2. The number of benzene rings is 6. The van der Waals surface area contributed by atoms with Crippen molar-refractivity contribution in [3.8, 4) is 29.2 Å². The predicted molar refractivity (Wildman–Crippen MR) is 304 cm³/mol. The molecule has 0 aliphatic carbocycles. The third-order valence-corrected chi connectivity index (χ3v) is 21.4. The van der Waals surface area contributed by atoms with Crippen molar-refractivity contribution in [3.63, 3.8) is 0 Å². The number of para-hydroxylation sites is 1. The molecular formula is C61H61FN7O9PSi. The van der Waals surface area contributed by atoms with Crippen molar-refractivity contribution in [2.24, 2.45) is 0 Å².